The Labute approximate surface area is 267 Å². The molecule has 0 spiro atoms. The molecule has 0 saturated carbocycles. The smallest absolute Gasteiger partial charge is 0.407 e. The van der Waals surface area contributed by atoms with Crippen molar-refractivity contribution >= 4 is 24.0 Å². The lowest BCUT2D eigenvalue weighted by atomic mass is 9.86. The van der Waals surface area contributed by atoms with Gasteiger partial charge in [-0.2, -0.15) is 0 Å². The van der Waals surface area contributed by atoms with Crippen LogP contribution in [0.5, 0.6) is 0 Å². The summed E-state index contributed by atoms with van der Waals surface area (Å²) in [7, 11) is 2.29. The van der Waals surface area contributed by atoms with Crippen molar-refractivity contribution in [2.24, 2.45) is 10.8 Å². The molecule has 2 aromatic rings. The molecule has 1 unspecified atom stereocenters. The summed E-state index contributed by atoms with van der Waals surface area (Å²) >= 11 is 0. The van der Waals surface area contributed by atoms with Crippen molar-refractivity contribution in [3.8, 4) is 11.3 Å². The van der Waals surface area contributed by atoms with Gasteiger partial charge in [-0.25, -0.2) is 23.4 Å². The van der Waals surface area contributed by atoms with Crippen molar-refractivity contribution in [3.63, 3.8) is 0 Å². The van der Waals surface area contributed by atoms with E-state index in [9.17, 15) is 24.3 Å². The van der Waals surface area contributed by atoms with Crippen LogP contribution in [0, 0.1) is 22.5 Å². The fraction of sp³-hybridized carbons (Fsp3) is 0.516. The van der Waals surface area contributed by atoms with Crippen LogP contribution in [0.3, 0.4) is 0 Å². The molecule has 0 aliphatic rings. The number of hydrogen-bond acceptors (Lipinski definition) is 9. The number of benzene rings is 1. The van der Waals surface area contributed by atoms with Gasteiger partial charge in [-0.3, -0.25) is 20.0 Å². The predicted molar refractivity (Wildman–Crippen MR) is 165 cm³/mol. The molecule has 46 heavy (non-hydrogen) atoms. The van der Waals surface area contributed by atoms with Gasteiger partial charge in [0.05, 0.1) is 26.0 Å². The number of ether oxygens (including phenoxy) is 2. The number of aliphatic hydroxyl groups is 1. The number of halogens is 2. The van der Waals surface area contributed by atoms with Gasteiger partial charge in [0, 0.05) is 37.0 Å². The third-order valence-corrected chi connectivity index (χ3v) is 6.81. The molecule has 0 radical (unpaired) electrons. The SMILES string of the molecule is COC(=O)NC(C(=O)NC[C@@H](O)CN(Cc1c(F)cc(-c2ccccn2)cc1F)NC(=O)[C@@H](NC(=O)OC)C(C)(C)C)C(C)(C)C. The Morgan fingerprint density at radius 1 is 0.891 bits per heavy atom. The van der Waals surface area contributed by atoms with E-state index in [1.54, 1.807) is 59.7 Å². The molecule has 4 amide bonds. The lowest BCUT2D eigenvalue weighted by Gasteiger charge is -2.33. The van der Waals surface area contributed by atoms with E-state index >= 15 is 8.78 Å². The van der Waals surface area contributed by atoms with E-state index in [1.165, 1.54) is 6.20 Å². The highest BCUT2D eigenvalue weighted by atomic mass is 19.1. The number of aromatic nitrogens is 1. The number of carbonyl (C=O) groups excluding carboxylic acids is 4. The second kappa shape index (κ2) is 16.3. The van der Waals surface area contributed by atoms with Gasteiger partial charge >= 0.3 is 12.2 Å². The summed E-state index contributed by atoms with van der Waals surface area (Å²) in [5.74, 6) is -3.23. The molecule has 13 nitrogen and oxygen atoms in total. The molecule has 1 aromatic carbocycles. The lowest BCUT2D eigenvalue weighted by molar-refractivity contribution is -0.132. The Bertz CT molecular complexity index is 1340. The predicted octanol–water partition coefficient (Wildman–Crippen LogP) is 2.88. The first kappa shape index (κ1) is 37.8. The largest absolute Gasteiger partial charge is 0.453 e. The minimum Gasteiger partial charge on any atom is -0.453 e. The molecule has 0 bridgehead atoms. The topological polar surface area (TPSA) is 171 Å². The molecular formula is C31H44F2N6O7. The minimum absolute atomic E-state index is 0.196. The zero-order valence-electron chi connectivity index (χ0n) is 27.4. The van der Waals surface area contributed by atoms with Crippen LogP contribution in [0.4, 0.5) is 18.4 Å². The maximum atomic E-state index is 15.3. The molecule has 0 fully saturated rings. The standard InChI is InChI=1S/C31H44F2N6O7/c1-30(2,3)24(36-28(43)45-7)26(41)35-15-19(40)16-39(38-27(42)25(31(4,5)6)37-29(44)46-8)17-20-21(32)13-18(14-22(20)33)23-11-9-10-12-34-23/h9-14,19,24-25,40H,15-17H2,1-8H3,(H,35,41)(H,36,43)(H,37,44)(H,38,42)/t19-,24?,25-/m1/s1. The van der Waals surface area contributed by atoms with Gasteiger partial charge in [0.1, 0.15) is 23.7 Å². The zero-order chi connectivity index (χ0) is 34.8. The van der Waals surface area contributed by atoms with Crippen LogP contribution in [0.25, 0.3) is 11.3 Å². The Hall–Kier alpha value is -4.37. The number of alkyl carbamates (subject to hydrolysis) is 2. The normalized spacial score (nSPS) is 13.7. The van der Waals surface area contributed by atoms with Crippen molar-refractivity contribution in [2.75, 3.05) is 27.3 Å². The zero-order valence-corrected chi connectivity index (χ0v) is 27.4. The van der Waals surface area contributed by atoms with Crippen molar-refractivity contribution in [2.45, 2.75) is 66.3 Å². The number of carbonyl (C=O) groups is 4. The first-order chi connectivity index (χ1) is 21.4. The van der Waals surface area contributed by atoms with Gasteiger partial charge in [0.2, 0.25) is 5.91 Å². The number of nitrogens with one attached hydrogen (secondary N) is 4. The summed E-state index contributed by atoms with van der Waals surface area (Å²) < 4.78 is 39.9. The highest BCUT2D eigenvalue weighted by Crippen LogP contribution is 2.25. The summed E-state index contributed by atoms with van der Waals surface area (Å²) in [6.07, 6.45) is -1.58. The molecular weight excluding hydrogens is 606 g/mol. The lowest BCUT2D eigenvalue weighted by Crippen LogP contribution is -2.58. The fourth-order valence-electron chi connectivity index (χ4n) is 4.34. The van der Waals surface area contributed by atoms with Crippen LogP contribution in [-0.4, -0.2) is 84.6 Å². The number of aliphatic hydroxyl groups excluding tert-OH is 1. The maximum Gasteiger partial charge on any atom is 0.407 e. The summed E-state index contributed by atoms with van der Waals surface area (Å²) in [4.78, 5) is 54.2. The van der Waals surface area contributed by atoms with Crippen molar-refractivity contribution < 1.29 is 42.5 Å². The highest BCUT2D eigenvalue weighted by molar-refractivity contribution is 5.87. The number of amides is 4. The van der Waals surface area contributed by atoms with Gasteiger partial charge in [-0.05, 0) is 35.1 Å². The van der Waals surface area contributed by atoms with Gasteiger partial charge in [0.25, 0.3) is 5.91 Å². The molecule has 2 rings (SSSR count). The molecule has 0 saturated heterocycles. The molecule has 1 aromatic heterocycles. The van der Waals surface area contributed by atoms with Crippen LogP contribution in [0.1, 0.15) is 47.1 Å². The van der Waals surface area contributed by atoms with Crippen molar-refractivity contribution in [1.29, 1.82) is 0 Å². The molecule has 0 aliphatic heterocycles. The number of rotatable bonds is 12. The molecule has 1 heterocycles. The number of hydrazine groups is 1. The molecule has 0 aliphatic carbocycles. The first-order valence-electron chi connectivity index (χ1n) is 14.5. The number of pyridine rings is 1. The molecule has 5 N–H and O–H groups in total. The maximum absolute atomic E-state index is 15.3. The Morgan fingerprint density at radius 3 is 1.87 bits per heavy atom. The Balaban J connectivity index is 2.34. The van der Waals surface area contributed by atoms with Gasteiger partial charge < -0.3 is 30.5 Å². The van der Waals surface area contributed by atoms with E-state index in [1.807, 2.05) is 0 Å². The minimum atomic E-state index is -1.37. The third kappa shape index (κ3) is 11.2. The van der Waals surface area contributed by atoms with Crippen LogP contribution in [0.15, 0.2) is 36.5 Å². The van der Waals surface area contributed by atoms with Gasteiger partial charge in [-0.15, -0.1) is 0 Å². The summed E-state index contributed by atoms with van der Waals surface area (Å²) in [6.45, 7) is 8.91. The second-order valence-electron chi connectivity index (χ2n) is 12.8. The third-order valence-electron chi connectivity index (χ3n) is 6.81. The monoisotopic (exact) mass is 650 g/mol. The number of methoxy groups -OCH3 is 2. The number of hydrogen-bond donors (Lipinski definition) is 5. The van der Waals surface area contributed by atoms with Gasteiger partial charge in [-0.1, -0.05) is 47.6 Å². The van der Waals surface area contributed by atoms with E-state index in [2.05, 4.69) is 35.8 Å². The van der Waals surface area contributed by atoms with Crippen molar-refractivity contribution in [1.82, 2.24) is 31.4 Å². The van der Waals surface area contributed by atoms with Crippen LogP contribution in [0.2, 0.25) is 0 Å². The summed E-state index contributed by atoms with van der Waals surface area (Å²) in [5, 5.41) is 19.4. The highest BCUT2D eigenvalue weighted by Gasteiger charge is 2.36. The average molecular weight is 651 g/mol. The fourth-order valence-corrected chi connectivity index (χ4v) is 4.34. The van der Waals surface area contributed by atoms with Crippen LogP contribution < -0.4 is 21.4 Å². The summed E-state index contributed by atoms with van der Waals surface area (Å²) in [6, 6.07) is 4.96. The average Bonchev–Trinajstić information content (AvgIpc) is 2.97. The summed E-state index contributed by atoms with van der Waals surface area (Å²) in [5.41, 5.74) is 1.11. The van der Waals surface area contributed by atoms with Crippen molar-refractivity contribution in [3.05, 3.63) is 53.7 Å². The number of nitrogens with zero attached hydrogens (tertiary/aromatic N) is 2. The molecule has 15 heteroatoms. The van der Waals surface area contributed by atoms with Gasteiger partial charge in [0.15, 0.2) is 0 Å². The van der Waals surface area contributed by atoms with E-state index in [4.69, 9.17) is 0 Å². The Kier molecular flexibility index (Phi) is 13.4. The van der Waals surface area contributed by atoms with Crippen LogP contribution in [-0.2, 0) is 25.6 Å². The molecule has 254 valence electrons. The Morgan fingerprint density at radius 2 is 1.41 bits per heavy atom. The van der Waals surface area contributed by atoms with E-state index in [0.29, 0.717) is 5.69 Å². The first-order valence-corrected chi connectivity index (χ1v) is 14.5. The molecule has 3 atom stereocenters. The van der Waals surface area contributed by atoms with E-state index in [0.717, 1.165) is 31.4 Å². The van der Waals surface area contributed by atoms with E-state index < -0.39 is 83.3 Å². The quantitative estimate of drug-likeness (QED) is 0.217. The van der Waals surface area contributed by atoms with Crippen LogP contribution >= 0.6 is 0 Å². The van der Waals surface area contributed by atoms with E-state index in [-0.39, 0.29) is 12.1 Å². The second-order valence-corrected chi connectivity index (χ2v) is 12.8.